The van der Waals surface area contributed by atoms with Gasteiger partial charge in [0.25, 0.3) is 0 Å². The first kappa shape index (κ1) is 19.5. The van der Waals surface area contributed by atoms with Gasteiger partial charge in [0.15, 0.2) is 0 Å². The lowest BCUT2D eigenvalue weighted by Gasteiger charge is -2.10. The Bertz CT molecular complexity index is 1160. The monoisotopic (exact) mass is 419 g/mol. The molecular weight excluding hydrogens is 402 g/mol. The molecule has 0 fully saturated rings. The average Bonchev–Trinajstić information content (AvgIpc) is 3.27. The maximum Gasteiger partial charge on any atom is 0.323 e. The van der Waals surface area contributed by atoms with Crippen molar-refractivity contribution in [3.05, 3.63) is 90.0 Å². The summed E-state index contributed by atoms with van der Waals surface area (Å²) in [6.45, 7) is 1.93. The van der Waals surface area contributed by atoms with Gasteiger partial charge in [-0.1, -0.05) is 17.7 Å². The van der Waals surface area contributed by atoms with Crippen molar-refractivity contribution in [3.8, 4) is 17.4 Å². The molecule has 8 heteroatoms. The molecule has 2 aromatic carbocycles. The van der Waals surface area contributed by atoms with E-state index in [0.717, 1.165) is 5.56 Å². The number of nitrogens with one attached hydrogen (secondary N) is 2. The first-order valence-corrected chi connectivity index (χ1v) is 9.52. The Balaban J connectivity index is 1.38. The molecule has 7 nitrogen and oxygen atoms in total. The number of nitrogens with zero attached hydrogens (tertiary/aromatic N) is 3. The third-order valence-corrected chi connectivity index (χ3v) is 4.52. The second kappa shape index (κ2) is 8.67. The van der Waals surface area contributed by atoms with E-state index in [2.05, 4.69) is 20.6 Å². The number of rotatable bonds is 5. The van der Waals surface area contributed by atoms with Crippen LogP contribution < -0.4 is 15.4 Å². The van der Waals surface area contributed by atoms with Crippen LogP contribution in [0.25, 0.3) is 5.82 Å². The topological polar surface area (TPSA) is 81.1 Å². The van der Waals surface area contributed by atoms with Crippen molar-refractivity contribution in [1.29, 1.82) is 0 Å². The van der Waals surface area contributed by atoms with Crippen molar-refractivity contribution >= 4 is 29.0 Å². The molecule has 150 valence electrons. The molecule has 30 heavy (non-hydrogen) atoms. The number of hydrogen-bond acceptors (Lipinski definition) is 4. The third-order valence-electron chi connectivity index (χ3n) is 4.20. The van der Waals surface area contributed by atoms with Gasteiger partial charge in [0, 0.05) is 24.1 Å². The van der Waals surface area contributed by atoms with Gasteiger partial charge < -0.3 is 19.9 Å². The number of hydrogen-bond donors (Lipinski definition) is 2. The summed E-state index contributed by atoms with van der Waals surface area (Å²) in [6.07, 6.45) is 5.23. The summed E-state index contributed by atoms with van der Waals surface area (Å²) in [6, 6.07) is 17.6. The Morgan fingerprint density at radius 2 is 1.77 bits per heavy atom. The van der Waals surface area contributed by atoms with E-state index in [0.29, 0.717) is 33.8 Å². The maximum atomic E-state index is 12.2. The van der Waals surface area contributed by atoms with E-state index in [1.165, 1.54) is 6.33 Å². The molecule has 0 unspecified atom stereocenters. The quantitative estimate of drug-likeness (QED) is 0.437. The highest BCUT2D eigenvalue weighted by Gasteiger charge is 2.07. The summed E-state index contributed by atoms with van der Waals surface area (Å²) in [4.78, 5) is 20.6. The minimum atomic E-state index is -0.387. The van der Waals surface area contributed by atoms with Crippen molar-refractivity contribution < 1.29 is 9.53 Å². The van der Waals surface area contributed by atoms with Crippen LogP contribution in [0.15, 0.2) is 79.4 Å². The molecule has 0 bridgehead atoms. The molecule has 0 aliphatic heterocycles. The Hall–Kier alpha value is -3.84. The predicted octanol–water partition coefficient (Wildman–Crippen LogP) is 5.67. The van der Waals surface area contributed by atoms with Crippen molar-refractivity contribution in [2.75, 3.05) is 10.6 Å². The number of aromatic nitrogens is 3. The van der Waals surface area contributed by atoms with Crippen molar-refractivity contribution in [2.45, 2.75) is 6.92 Å². The summed E-state index contributed by atoms with van der Waals surface area (Å²) >= 11 is 6.15. The number of ether oxygens (including phenoxy) is 1. The van der Waals surface area contributed by atoms with Crippen LogP contribution in [0, 0.1) is 6.92 Å². The molecule has 0 saturated heterocycles. The number of amides is 2. The van der Waals surface area contributed by atoms with Crippen molar-refractivity contribution in [3.63, 3.8) is 0 Å². The van der Waals surface area contributed by atoms with Crippen LogP contribution >= 0.6 is 11.6 Å². The van der Waals surface area contributed by atoms with E-state index in [9.17, 15) is 4.79 Å². The van der Waals surface area contributed by atoms with Crippen LogP contribution in [0.2, 0.25) is 5.02 Å². The van der Waals surface area contributed by atoms with Gasteiger partial charge in [-0.15, -0.1) is 0 Å². The Morgan fingerprint density at radius 3 is 2.50 bits per heavy atom. The first-order chi connectivity index (χ1) is 14.6. The summed E-state index contributed by atoms with van der Waals surface area (Å²) in [5, 5.41) is 5.97. The van der Waals surface area contributed by atoms with E-state index in [1.807, 2.05) is 42.1 Å². The minimum Gasteiger partial charge on any atom is -0.439 e. The van der Waals surface area contributed by atoms with Crippen LogP contribution in [-0.4, -0.2) is 20.6 Å². The number of benzene rings is 2. The number of anilines is 2. The zero-order valence-corrected chi connectivity index (χ0v) is 16.8. The second-order valence-corrected chi connectivity index (χ2v) is 6.90. The van der Waals surface area contributed by atoms with Gasteiger partial charge in [0.05, 0.1) is 10.7 Å². The highest BCUT2D eigenvalue weighted by Crippen LogP contribution is 2.24. The highest BCUT2D eigenvalue weighted by atomic mass is 35.5. The second-order valence-electron chi connectivity index (χ2n) is 6.49. The number of carbonyl (C=O) groups is 1. The lowest BCUT2D eigenvalue weighted by atomic mass is 10.2. The summed E-state index contributed by atoms with van der Waals surface area (Å²) in [5.74, 6) is 1.70. The van der Waals surface area contributed by atoms with E-state index in [1.54, 1.807) is 42.5 Å². The number of halogens is 1. The molecule has 0 saturated carbocycles. The van der Waals surface area contributed by atoms with Crippen molar-refractivity contribution in [1.82, 2.24) is 14.5 Å². The Labute approximate surface area is 178 Å². The number of urea groups is 1. The summed E-state index contributed by atoms with van der Waals surface area (Å²) in [7, 11) is 0. The van der Waals surface area contributed by atoms with Crippen LogP contribution in [0.1, 0.15) is 5.56 Å². The lowest BCUT2D eigenvalue weighted by Crippen LogP contribution is -2.19. The normalized spacial score (nSPS) is 10.5. The van der Waals surface area contributed by atoms with Gasteiger partial charge in [0.1, 0.15) is 17.9 Å². The molecule has 0 spiro atoms. The molecule has 0 aliphatic rings. The van der Waals surface area contributed by atoms with E-state index in [4.69, 9.17) is 16.3 Å². The Kier molecular flexibility index (Phi) is 5.63. The summed E-state index contributed by atoms with van der Waals surface area (Å²) in [5.41, 5.74) is 2.17. The maximum absolute atomic E-state index is 12.2. The highest BCUT2D eigenvalue weighted by molar-refractivity contribution is 6.33. The van der Waals surface area contributed by atoms with Gasteiger partial charge in [-0.25, -0.2) is 14.8 Å². The number of aryl methyl sites for hydroxylation is 1. The van der Waals surface area contributed by atoms with E-state index >= 15 is 0 Å². The standard InChI is InChI=1S/C22H18ClN5O2/c1-15-4-9-19(18(23)12-15)27-22(29)26-16-5-7-17(8-6-16)30-21-13-20(24-14-25-21)28-10-2-3-11-28/h2-14H,1H3,(H2,26,27,29). The zero-order chi connectivity index (χ0) is 20.9. The van der Waals surface area contributed by atoms with Gasteiger partial charge in [0.2, 0.25) is 5.88 Å². The molecule has 2 N–H and O–H groups in total. The molecule has 2 aromatic heterocycles. The predicted molar refractivity (Wildman–Crippen MR) is 117 cm³/mol. The van der Waals surface area contributed by atoms with Gasteiger partial charge in [-0.05, 0) is 61.0 Å². The van der Waals surface area contributed by atoms with Crippen LogP contribution in [0.4, 0.5) is 16.2 Å². The smallest absolute Gasteiger partial charge is 0.323 e. The molecule has 2 heterocycles. The average molecular weight is 420 g/mol. The van der Waals surface area contributed by atoms with Crippen LogP contribution in [-0.2, 0) is 0 Å². The van der Waals surface area contributed by atoms with Gasteiger partial charge in [-0.3, -0.25) is 0 Å². The summed E-state index contributed by atoms with van der Waals surface area (Å²) < 4.78 is 7.65. The van der Waals surface area contributed by atoms with E-state index < -0.39 is 0 Å². The fourth-order valence-corrected chi connectivity index (χ4v) is 3.03. The third kappa shape index (κ3) is 4.76. The fourth-order valence-electron chi connectivity index (χ4n) is 2.75. The molecule has 2 amide bonds. The largest absolute Gasteiger partial charge is 0.439 e. The first-order valence-electron chi connectivity index (χ1n) is 9.14. The van der Waals surface area contributed by atoms with Crippen LogP contribution in [0.3, 0.4) is 0 Å². The molecule has 0 radical (unpaired) electrons. The van der Waals surface area contributed by atoms with Crippen LogP contribution in [0.5, 0.6) is 11.6 Å². The fraction of sp³-hybridized carbons (Fsp3) is 0.0455. The molecule has 4 rings (SSSR count). The van der Waals surface area contributed by atoms with Gasteiger partial charge in [-0.2, -0.15) is 0 Å². The minimum absolute atomic E-state index is 0.387. The van der Waals surface area contributed by atoms with Crippen molar-refractivity contribution in [2.24, 2.45) is 0 Å². The lowest BCUT2D eigenvalue weighted by molar-refractivity contribution is 0.262. The molecule has 0 aliphatic carbocycles. The molecular formula is C22H18ClN5O2. The van der Waals surface area contributed by atoms with Gasteiger partial charge >= 0.3 is 6.03 Å². The van der Waals surface area contributed by atoms with E-state index in [-0.39, 0.29) is 6.03 Å². The molecule has 4 aromatic rings. The Morgan fingerprint density at radius 1 is 1.00 bits per heavy atom. The zero-order valence-electron chi connectivity index (χ0n) is 16.0. The number of carbonyl (C=O) groups excluding carboxylic acids is 1. The molecule has 0 atom stereocenters. The SMILES string of the molecule is Cc1ccc(NC(=O)Nc2ccc(Oc3cc(-n4cccc4)ncn3)cc2)c(Cl)c1.